The van der Waals surface area contributed by atoms with Crippen LogP contribution in [0.2, 0.25) is 0 Å². The number of carbonyl (C=O) groups excluding carboxylic acids is 3. The number of carboxylic acid groups (broad SMARTS) is 1. The third kappa shape index (κ3) is 7.33. The van der Waals surface area contributed by atoms with Crippen LogP contribution in [0.3, 0.4) is 0 Å². The Labute approximate surface area is 152 Å². The van der Waals surface area contributed by atoms with E-state index in [1.165, 1.54) is 18.7 Å². The van der Waals surface area contributed by atoms with Gasteiger partial charge in [-0.25, -0.2) is 4.79 Å². The molecular weight excluding hydrogens is 338 g/mol. The second kappa shape index (κ2) is 10.9. The van der Waals surface area contributed by atoms with Crippen molar-refractivity contribution in [2.75, 3.05) is 19.6 Å². The van der Waals surface area contributed by atoms with E-state index in [0.717, 1.165) is 0 Å². The number of nitrogens with one attached hydrogen (secondary N) is 2. The topological polar surface area (TPSA) is 116 Å². The first-order valence-electron chi connectivity index (χ1n) is 8.43. The summed E-state index contributed by atoms with van der Waals surface area (Å²) in [6, 6.07) is 7.74. The molecule has 142 valence electrons. The van der Waals surface area contributed by atoms with E-state index in [1.54, 1.807) is 24.3 Å². The highest BCUT2D eigenvalue weighted by Crippen LogP contribution is 2.05. The van der Waals surface area contributed by atoms with E-state index in [1.807, 2.05) is 6.07 Å². The van der Waals surface area contributed by atoms with E-state index < -0.39 is 12.0 Å². The Morgan fingerprint density at radius 2 is 1.73 bits per heavy atom. The fourth-order valence-electron chi connectivity index (χ4n) is 2.30. The smallest absolute Gasteiger partial charge is 0.326 e. The lowest BCUT2D eigenvalue weighted by atomic mass is 10.2. The van der Waals surface area contributed by atoms with E-state index in [2.05, 4.69) is 10.6 Å². The van der Waals surface area contributed by atoms with Gasteiger partial charge in [-0.1, -0.05) is 18.2 Å². The highest BCUT2D eigenvalue weighted by atomic mass is 16.4. The molecular formula is C18H25N3O5. The quantitative estimate of drug-likeness (QED) is 0.528. The molecule has 0 saturated carbocycles. The van der Waals surface area contributed by atoms with Gasteiger partial charge in [0.2, 0.25) is 11.8 Å². The van der Waals surface area contributed by atoms with Crippen molar-refractivity contribution in [1.29, 1.82) is 0 Å². The molecule has 0 saturated heterocycles. The van der Waals surface area contributed by atoms with Gasteiger partial charge in [-0.3, -0.25) is 14.4 Å². The molecule has 0 aliphatic heterocycles. The summed E-state index contributed by atoms with van der Waals surface area (Å²) in [6.45, 7) is 3.37. The van der Waals surface area contributed by atoms with Crippen LogP contribution < -0.4 is 10.6 Å². The normalized spacial score (nSPS) is 11.3. The molecule has 0 aliphatic rings. The molecule has 0 aliphatic carbocycles. The van der Waals surface area contributed by atoms with Gasteiger partial charge >= 0.3 is 5.97 Å². The second-order valence-corrected chi connectivity index (χ2v) is 5.81. The highest BCUT2D eigenvalue weighted by molar-refractivity contribution is 5.94. The van der Waals surface area contributed by atoms with Gasteiger partial charge in [0.05, 0.1) is 0 Å². The molecule has 8 heteroatoms. The Kier molecular flexibility index (Phi) is 8.83. The summed E-state index contributed by atoms with van der Waals surface area (Å²) in [5, 5.41) is 14.4. The number of nitrogens with zero attached hydrogens (tertiary/aromatic N) is 1. The zero-order valence-corrected chi connectivity index (χ0v) is 15.0. The van der Waals surface area contributed by atoms with Gasteiger partial charge in [0.25, 0.3) is 5.91 Å². The summed E-state index contributed by atoms with van der Waals surface area (Å²) in [5.41, 5.74) is 0.537. The number of benzene rings is 1. The van der Waals surface area contributed by atoms with Crippen LogP contribution in [0.25, 0.3) is 0 Å². The monoisotopic (exact) mass is 363 g/mol. The number of amides is 3. The molecule has 1 rings (SSSR count). The molecule has 0 fully saturated rings. The molecule has 8 nitrogen and oxygen atoms in total. The van der Waals surface area contributed by atoms with E-state index in [-0.39, 0.29) is 37.2 Å². The van der Waals surface area contributed by atoms with Crippen molar-refractivity contribution in [3.8, 4) is 0 Å². The maximum atomic E-state index is 12.3. The van der Waals surface area contributed by atoms with Crippen molar-refractivity contribution in [3.63, 3.8) is 0 Å². The minimum Gasteiger partial charge on any atom is -0.480 e. The van der Waals surface area contributed by atoms with Crippen LogP contribution in [0.5, 0.6) is 0 Å². The van der Waals surface area contributed by atoms with Crippen LogP contribution in [0, 0.1) is 0 Å². The predicted octanol–water partition coefficient (Wildman–Crippen LogP) is 0.634. The van der Waals surface area contributed by atoms with Crippen LogP contribution in [0.15, 0.2) is 30.3 Å². The fourth-order valence-corrected chi connectivity index (χ4v) is 2.30. The summed E-state index contributed by atoms with van der Waals surface area (Å²) in [7, 11) is 0. The lowest BCUT2D eigenvalue weighted by Gasteiger charge is -2.26. The van der Waals surface area contributed by atoms with E-state index in [4.69, 9.17) is 5.11 Å². The van der Waals surface area contributed by atoms with Gasteiger partial charge in [0.15, 0.2) is 0 Å². The third-order valence-corrected chi connectivity index (χ3v) is 3.76. The third-order valence-electron chi connectivity index (χ3n) is 3.76. The van der Waals surface area contributed by atoms with Crippen molar-refractivity contribution >= 4 is 23.7 Å². The van der Waals surface area contributed by atoms with Crippen LogP contribution in [-0.4, -0.2) is 59.4 Å². The Morgan fingerprint density at radius 1 is 1.08 bits per heavy atom. The number of hydrogen-bond donors (Lipinski definition) is 3. The molecule has 0 radical (unpaired) electrons. The second-order valence-electron chi connectivity index (χ2n) is 5.81. The van der Waals surface area contributed by atoms with E-state index in [0.29, 0.717) is 18.5 Å². The lowest BCUT2D eigenvalue weighted by molar-refractivity contribution is -0.149. The number of carbonyl (C=O) groups is 4. The van der Waals surface area contributed by atoms with Gasteiger partial charge in [0, 0.05) is 38.5 Å². The number of aliphatic carboxylic acids is 1. The number of rotatable bonds is 10. The minimum atomic E-state index is -1.11. The largest absolute Gasteiger partial charge is 0.480 e. The molecule has 3 N–H and O–H groups in total. The highest BCUT2D eigenvalue weighted by Gasteiger charge is 2.24. The molecule has 1 atom stereocenters. The molecule has 0 bridgehead atoms. The molecule has 0 heterocycles. The molecule has 1 aromatic carbocycles. The average Bonchev–Trinajstić information content (AvgIpc) is 2.61. The molecule has 1 aromatic rings. The lowest BCUT2D eigenvalue weighted by Crippen LogP contribution is -2.46. The van der Waals surface area contributed by atoms with Crippen LogP contribution in [-0.2, 0) is 14.4 Å². The number of carboxylic acids is 1. The van der Waals surface area contributed by atoms with Crippen LogP contribution >= 0.6 is 0 Å². The Hall–Kier alpha value is -2.90. The Bertz CT molecular complexity index is 633. The summed E-state index contributed by atoms with van der Waals surface area (Å²) >= 11 is 0. The average molecular weight is 363 g/mol. The fraction of sp³-hybridized carbons (Fsp3) is 0.444. The summed E-state index contributed by atoms with van der Waals surface area (Å²) < 4.78 is 0. The van der Waals surface area contributed by atoms with E-state index in [9.17, 15) is 19.2 Å². The van der Waals surface area contributed by atoms with Crippen molar-refractivity contribution in [1.82, 2.24) is 15.5 Å². The van der Waals surface area contributed by atoms with Crippen molar-refractivity contribution < 1.29 is 24.3 Å². The standard InChI is InChI=1S/C18H25N3O5/c1-13(18(25)26)21(12-11-19-14(2)22)16(23)9-6-10-20-17(24)15-7-4-3-5-8-15/h3-5,7-8,13H,6,9-12H2,1-2H3,(H,19,22)(H,20,24)(H,25,26). The van der Waals surface area contributed by atoms with Crippen LogP contribution in [0.4, 0.5) is 0 Å². The zero-order chi connectivity index (χ0) is 19.5. The zero-order valence-electron chi connectivity index (χ0n) is 15.0. The van der Waals surface area contributed by atoms with Crippen molar-refractivity contribution in [2.45, 2.75) is 32.7 Å². The molecule has 26 heavy (non-hydrogen) atoms. The molecule has 0 aromatic heterocycles. The maximum absolute atomic E-state index is 12.3. The Balaban J connectivity index is 2.46. The maximum Gasteiger partial charge on any atom is 0.326 e. The predicted molar refractivity (Wildman–Crippen MR) is 95.5 cm³/mol. The molecule has 3 amide bonds. The van der Waals surface area contributed by atoms with Gasteiger partial charge in [-0.2, -0.15) is 0 Å². The van der Waals surface area contributed by atoms with Gasteiger partial charge < -0.3 is 20.6 Å². The van der Waals surface area contributed by atoms with Gasteiger partial charge in [-0.15, -0.1) is 0 Å². The van der Waals surface area contributed by atoms with Crippen LogP contribution in [0.1, 0.15) is 37.0 Å². The molecule has 0 spiro atoms. The van der Waals surface area contributed by atoms with E-state index >= 15 is 0 Å². The van der Waals surface area contributed by atoms with Gasteiger partial charge in [-0.05, 0) is 25.5 Å². The minimum absolute atomic E-state index is 0.104. The first-order chi connectivity index (χ1) is 12.3. The first-order valence-corrected chi connectivity index (χ1v) is 8.43. The summed E-state index contributed by atoms with van der Waals surface area (Å²) in [5.74, 6) is -1.92. The molecule has 1 unspecified atom stereocenters. The Morgan fingerprint density at radius 3 is 2.31 bits per heavy atom. The number of hydrogen-bond acceptors (Lipinski definition) is 4. The van der Waals surface area contributed by atoms with Crippen molar-refractivity contribution in [3.05, 3.63) is 35.9 Å². The summed E-state index contributed by atoms with van der Waals surface area (Å²) in [6.07, 6.45) is 0.493. The SMILES string of the molecule is CC(=O)NCCN(C(=O)CCCNC(=O)c1ccccc1)C(C)C(=O)O. The van der Waals surface area contributed by atoms with Crippen molar-refractivity contribution in [2.24, 2.45) is 0 Å². The van der Waals surface area contributed by atoms with Gasteiger partial charge in [0.1, 0.15) is 6.04 Å². The first kappa shape index (κ1) is 21.1. The summed E-state index contributed by atoms with van der Waals surface area (Å²) in [4.78, 5) is 47.5.